The molecule has 0 atom stereocenters. The number of hydrogen-bond acceptors (Lipinski definition) is 8. The Bertz CT molecular complexity index is 852. The van der Waals surface area contributed by atoms with Crippen LogP contribution in [0.5, 0.6) is 0 Å². The number of amides is 1. The summed E-state index contributed by atoms with van der Waals surface area (Å²) in [6.45, 7) is 1.63. The van der Waals surface area contributed by atoms with E-state index in [1.165, 1.54) is 6.21 Å². The van der Waals surface area contributed by atoms with Crippen molar-refractivity contribution in [2.24, 2.45) is 5.10 Å². The predicted octanol–water partition coefficient (Wildman–Crippen LogP) is 0.305. The molecule has 0 aliphatic rings. The van der Waals surface area contributed by atoms with Crippen LogP contribution in [0.25, 0.3) is 5.82 Å². The lowest BCUT2D eigenvalue weighted by molar-refractivity contribution is 0.0946. The first-order valence-electron chi connectivity index (χ1n) is 6.56. The molecule has 0 radical (unpaired) electrons. The molecule has 23 heavy (non-hydrogen) atoms. The minimum atomic E-state index is -0.512. The molecule has 10 heteroatoms. The van der Waals surface area contributed by atoms with Crippen LogP contribution >= 0.6 is 0 Å². The van der Waals surface area contributed by atoms with E-state index in [4.69, 9.17) is 5.73 Å². The summed E-state index contributed by atoms with van der Waals surface area (Å²) in [4.78, 5) is 12.3. The first kappa shape index (κ1) is 14.4. The lowest BCUT2D eigenvalue weighted by Crippen LogP contribution is -2.22. The number of hydrazone groups is 1. The normalized spacial score (nSPS) is 11.0. The summed E-state index contributed by atoms with van der Waals surface area (Å²) in [6.07, 6.45) is 1.52. The second kappa shape index (κ2) is 6.05. The molecule has 3 aromatic rings. The predicted molar refractivity (Wildman–Crippen MR) is 79.9 cm³/mol. The van der Waals surface area contributed by atoms with Crippen molar-refractivity contribution in [1.29, 1.82) is 0 Å². The number of benzene rings is 1. The van der Waals surface area contributed by atoms with Crippen molar-refractivity contribution >= 4 is 17.9 Å². The lowest BCUT2D eigenvalue weighted by Gasteiger charge is -2.02. The molecule has 1 amide bonds. The van der Waals surface area contributed by atoms with E-state index in [1.807, 2.05) is 30.3 Å². The zero-order chi connectivity index (χ0) is 16.2. The van der Waals surface area contributed by atoms with Gasteiger partial charge in [0.1, 0.15) is 0 Å². The van der Waals surface area contributed by atoms with Gasteiger partial charge in [0.05, 0.1) is 11.9 Å². The summed E-state index contributed by atoms with van der Waals surface area (Å²) in [5, 5.41) is 18.6. The Morgan fingerprint density at radius 3 is 2.83 bits per heavy atom. The maximum atomic E-state index is 12.3. The third-order valence-corrected chi connectivity index (χ3v) is 2.93. The Morgan fingerprint density at radius 2 is 2.13 bits per heavy atom. The monoisotopic (exact) mass is 312 g/mol. The van der Waals surface area contributed by atoms with Crippen molar-refractivity contribution in [2.75, 3.05) is 5.73 Å². The molecular weight excluding hydrogens is 300 g/mol. The SMILES string of the molecule is Cc1nnn(-c2nonc2N)c1C(=O)N/N=C/c1ccccc1. The summed E-state index contributed by atoms with van der Waals surface area (Å²) in [5.74, 6) is -0.429. The molecule has 0 bridgehead atoms. The second-order valence-electron chi connectivity index (χ2n) is 4.52. The number of nitrogen functional groups attached to an aromatic ring is 1. The van der Waals surface area contributed by atoms with Crippen molar-refractivity contribution in [3.63, 3.8) is 0 Å². The molecule has 3 N–H and O–H groups in total. The number of carbonyl (C=O) groups excluding carboxylic acids is 1. The van der Waals surface area contributed by atoms with Gasteiger partial charge in [-0.15, -0.1) is 5.10 Å². The first-order valence-corrected chi connectivity index (χ1v) is 6.56. The molecule has 1 aromatic carbocycles. The third-order valence-electron chi connectivity index (χ3n) is 2.93. The second-order valence-corrected chi connectivity index (χ2v) is 4.52. The Balaban J connectivity index is 1.82. The summed E-state index contributed by atoms with van der Waals surface area (Å²) in [6, 6.07) is 9.34. The van der Waals surface area contributed by atoms with Gasteiger partial charge in [-0.3, -0.25) is 4.79 Å². The molecule has 2 aromatic heterocycles. The topological polar surface area (TPSA) is 137 Å². The van der Waals surface area contributed by atoms with E-state index in [9.17, 15) is 4.79 Å². The van der Waals surface area contributed by atoms with Crippen LogP contribution in [0.1, 0.15) is 21.7 Å². The Hall–Kier alpha value is -3.56. The van der Waals surface area contributed by atoms with Crippen LogP contribution in [0, 0.1) is 6.92 Å². The van der Waals surface area contributed by atoms with E-state index in [0.29, 0.717) is 5.69 Å². The number of nitrogens with two attached hydrogens (primary N) is 1. The van der Waals surface area contributed by atoms with Crippen molar-refractivity contribution in [2.45, 2.75) is 6.92 Å². The third kappa shape index (κ3) is 2.90. The standard InChI is InChI=1S/C13H12N8O2/c1-8-10(21(20-16-8)12-11(14)18-23-19-12)13(22)17-15-7-9-5-3-2-4-6-9/h2-7H,1H3,(H2,14,18)(H,17,22)/b15-7+. The van der Waals surface area contributed by atoms with Crippen LogP contribution in [0.2, 0.25) is 0 Å². The van der Waals surface area contributed by atoms with E-state index in [1.54, 1.807) is 6.92 Å². The quantitative estimate of drug-likeness (QED) is 0.522. The summed E-state index contributed by atoms with van der Waals surface area (Å²) < 4.78 is 5.66. The van der Waals surface area contributed by atoms with Gasteiger partial charge in [0, 0.05) is 0 Å². The van der Waals surface area contributed by atoms with Gasteiger partial charge in [-0.25, -0.2) is 10.1 Å². The number of aromatic nitrogens is 5. The zero-order valence-corrected chi connectivity index (χ0v) is 12.0. The fourth-order valence-electron chi connectivity index (χ4n) is 1.86. The molecule has 0 spiro atoms. The number of anilines is 1. The van der Waals surface area contributed by atoms with E-state index in [2.05, 4.69) is 35.8 Å². The minimum absolute atomic E-state index is 0.00302. The average Bonchev–Trinajstić information content (AvgIpc) is 3.13. The average molecular weight is 312 g/mol. The van der Waals surface area contributed by atoms with Gasteiger partial charge in [-0.2, -0.15) is 9.78 Å². The van der Waals surface area contributed by atoms with Crippen molar-refractivity contribution in [1.82, 2.24) is 30.7 Å². The van der Waals surface area contributed by atoms with E-state index in [-0.39, 0.29) is 17.3 Å². The zero-order valence-electron chi connectivity index (χ0n) is 12.0. The largest absolute Gasteiger partial charge is 0.378 e. The molecule has 0 fully saturated rings. The van der Waals surface area contributed by atoms with Gasteiger partial charge in [-0.05, 0) is 22.8 Å². The van der Waals surface area contributed by atoms with Crippen LogP contribution in [0.3, 0.4) is 0 Å². The summed E-state index contributed by atoms with van der Waals surface area (Å²) in [5.41, 5.74) is 9.39. The van der Waals surface area contributed by atoms with Gasteiger partial charge in [0.25, 0.3) is 5.91 Å². The maximum Gasteiger partial charge on any atom is 0.292 e. The molecule has 3 rings (SSSR count). The summed E-state index contributed by atoms with van der Waals surface area (Å²) >= 11 is 0. The number of aryl methyl sites for hydroxylation is 1. The lowest BCUT2D eigenvalue weighted by atomic mass is 10.2. The highest BCUT2D eigenvalue weighted by atomic mass is 16.6. The van der Waals surface area contributed by atoms with Crippen molar-refractivity contribution in [3.8, 4) is 5.82 Å². The van der Waals surface area contributed by atoms with Gasteiger partial charge in [0.15, 0.2) is 5.69 Å². The van der Waals surface area contributed by atoms with E-state index < -0.39 is 5.91 Å². The van der Waals surface area contributed by atoms with Crippen LogP contribution < -0.4 is 11.2 Å². The van der Waals surface area contributed by atoms with Gasteiger partial charge in [0.2, 0.25) is 11.6 Å². The Morgan fingerprint density at radius 1 is 1.35 bits per heavy atom. The van der Waals surface area contributed by atoms with Crippen LogP contribution in [0.4, 0.5) is 5.82 Å². The highest BCUT2D eigenvalue weighted by Gasteiger charge is 2.22. The van der Waals surface area contributed by atoms with E-state index >= 15 is 0 Å². The number of nitrogens with zero attached hydrogens (tertiary/aromatic N) is 6. The Kier molecular flexibility index (Phi) is 3.78. The number of nitrogens with one attached hydrogen (secondary N) is 1. The molecule has 2 heterocycles. The fraction of sp³-hybridized carbons (Fsp3) is 0.0769. The van der Waals surface area contributed by atoms with Crippen LogP contribution in [-0.4, -0.2) is 37.4 Å². The van der Waals surface area contributed by atoms with Crippen molar-refractivity contribution in [3.05, 3.63) is 47.3 Å². The van der Waals surface area contributed by atoms with Gasteiger partial charge >= 0.3 is 0 Å². The molecule has 0 unspecified atom stereocenters. The molecule has 116 valence electrons. The highest BCUT2D eigenvalue weighted by molar-refractivity contribution is 5.94. The summed E-state index contributed by atoms with van der Waals surface area (Å²) in [7, 11) is 0. The first-order chi connectivity index (χ1) is 11.2. The maximum absolute atomic E-state index is 12.3. The minimum Gasteiger partial charge on any atom is -0.378 e. The Labute approximate surface area is 129 Å². The fourth-order valence-corrected chi connectivity index (χ4v) is 1.86. The molecular formula is C13H12N8O2. The molecule has 10 nitrogen and oxygen atoms in total. The van der Waals surface area contributed by atoms with E-state index in [0.717, 1.165) is 10.2 Å². The van der Waals surface area contributed by atoms with Crippen LogP contribution in [0.15, 0.2) is 40.1 Å². The smallest absolute Gasteiger partial charge is 0.292 e. The highest BCUT2D eigenvalue weighted by Crippen LogP contribution is 2.14. The van der Waals surface area contributed by atoms with Crippen LogP contribution in [-0.2, 0) is 0 Å². The van der Waals surface area contributed by atoms with Gasteiger partial charge in [-0.1, -0.05) is 35.5 Å². The molecule has 0 saturated carbocycles. The number of rotatable bonds is 4. The molecule has 0 aliphatic heterocycles. The number of hydrogen-bond donors (Lipinski definition) is 2. The van der Waals surface area contributed by atoms with Crippen molar-refractivity contribution < 1.29 is 9.42 Å². The number of carbonyl (C=O) groups is 1. The van der Waals surface area contributed by atoms with Gasteiger partial charge < -0.3 is 5.73 Å². The molecule has 0 saturated heterocycles. The molecule has 0 aliphatic carbocycles.